The number of rotatable bonds is 5. The number of carboxylic acids is 1. The van der Waals surface area contributed by atoms with Crippen LogP contribution in [0.3, 0.4) is 0 Å². The first kappa shape index (κ1) is 17.1. The molecule has 0 saturated heterocycles. The van der Waals surface area contributed by atoms with Crippen LogP contribution in [0.2, 0.25) is 0 Å². The van der Waals surface area contributed by atoms with E-state index >= 15 is 0 Å². The molecule has 3 rings (SSSR count). The first-order valence-corrected chi connectivity index (χ1v) is 8.52. The van der Waals surface area contributed by atoms with Gasteiger partial charge in [0.15, 0.2) is 0 Å². The third kappa shape index (κ3) is 4.04. The van der Waals surface area contributed by atoms with Crippen molar-refractivity contribution >= 4 is 11.9 Å². The molecule has 1 aliphatic rings. The third-order valence-electron chi connectivity index (χ3n) is 4.83. The topological polar surface area (TPSA) is 97.1 Å². The second kappa shape index (κ2) is 7.46. The van der Waals surface area contributed by atoms with E-state index in [1.54, 1.807) is 11.0 Å². The summed E-state index contributed by atoms with van der Waals surface area (Å²) in [5.41, 5.74) is 1.89. The zero-order chi connectivity index (χ0) is 17.8. The second-order valence-corrected chi connectivity index (χ2v) is 6.56. The van der Waals surface area contributed by atoms with Crippen LogP contribution >= 0.6 is 0 Å². The van der Waals surface area contributed by atoms with Crippen molar-refractivity contribution in [3.05, 3.63) is 42.5 Å². The minimum Gasteiger partial charge on any atom is -0.481 e. The molecule has 0 bridgehead atoms. The number of benzene rings is 1. The van der Waals surface area contributed by atoms with Gasteiger partial charge in [0.05, 0.1) is 17.6 Å². The number of amides is 1. The van der Waals surface area contributed by atoms with Gasteiger partial charge in [-0.15, -0.1) is 0 Å². The maximum absolute atomic E-state index is 12.5. The van der Waals surface area contributed by atoms with Gasteiger partial charge < -0.3 is 10.4 Å². The molecule has 1 heterocycles. The van der Waals surface area contributed by atoms with Crippen LogP contribution in [0.5, 0.6) is 0 Å². The van der Waals surface area contributed by atoms with Crippen LogP contribution in [0, 0.1) is 11.8 Å². The van der Waals surface area contributed by atoms with Gasteiger partial charge in [-0.25, -0.2) is 9.67 Å². The molecule has 0 spiro atoms. The lowest BCUT2D eigenvalue weighted by Crippen LogP contribution is -2.36. The summed E-state index contributed by atoms with van der Waals surface area (Å²) in [7, 11) is 0. The molecule has 7 nitrogen and oxygen atoms in total. The highest BCUT2D eigenvalue weighted by Gasteiger charge is 2.31. The first-order chi connectivity index (χ1) is 12.0. The lowest BCUT2D eigenvalue weighted by molar-refractivity contribution is -0.144. The number of aromatic nitrogens is 3. The van der Waals surface area contributed by atoms with E-state index < -0.39 is 11.9 Å². The number of hydrogen-bond acceptors (Lipinski definition) is 4. The van der Waals surface area contributed by atoms with Gasteiger partial charge in [-0.1, -0.05) is 18.6 Å². The molecule has 0 aliphatic heterocycles. The highest BCUT2D eigenvalue weighted by atomic mass is 16.4. The Morgan fingerprint density at radius 2 is 1.96 bits per heavy atom. The molecular formula is C18H22N4O3. The highest BCUT2D eigenvalue weighted by Crippen LogP contribution is 2.30. The summed E-state index contributed by atoms with van der Waals surface area (Å²) in [6.07, 6.45) is 5.74. The van der Waals surface area contributed by atoms with Crippen molar-refractivity contribution in [1.29, 1.82) is 0 Å². The lowest BCUT2D eigenvalue weighted by Gasteiger charge is -2.27. The molecule has 1 aromatic heterocycles. The van der Waals surface area contributed by atoms with Gasteiger partial charge in [0.1, 0.15) is 12.7 Å². The molecule has 0 radical (unpaired) electrons. The summed E-state index contributed by atoms with van der Waals surface area (Å²) >= 11 is 0. The van der Waals surface area contributed by atoms with Crippen LogP contribution in [-0.2, 0) is 9.59 Å². The van der Waals surface area contributed by atoms with Crippen molar-refractivity contribution in [2.75, 3.05) is 0 Å². The molecule has 1 aromatic carbocycles. The Kier molecular flexibility index (Phi) is 5.11. The molecule has 132 valence electrons. The van der Waals surface area contributed by atoms with E-state index in [0.29, 0.717) is 12.8 Å². The minimum absolute atomic E-state index is 0.0567. The molecule has 1 saturated carbocycles. The number of carbonyl (C=O) groups is 2. The van der Waals surface area contributed by atoms with Gasteiger partial charge in [-0.05, 0) is 43.9 Å². The maximum Gasteiger partial charge on any atom is 0.306 e. The Balaban J connectivity index is 1.60. The maximum atomic E-state index is 12.5. The summed E-state index contributed by atoms with van der Waals surface area (Å²) in [6, 6.07) is 7.61. The first-order valence-electron chi connectivity index (χ1n) is 8.52. The Morgan fingerprint density at radius 3 is 2.60 bits per heavy atom. The predicted molar refractivity (Wildman–Crippen MR) is 91.0 cm³/mol. The molecule has 3 atom stereocenters. The average molecular weight is 342 g/mol. The summed E-state index contributed by atoms with van der Waals surface area (Å²) in [5, 5.41) is 16.3. The second-order valence-electron chi connectivity index (χ2n) is 6.56. The molecular weight excluding hydrogens is 320 g/mol. The predicted octanol–water partition coefficient (Wildman–Crippen LogP) is 2.34. The lowest BCUT2D eigenvalue weighted by atomic mass is 9.81. The summed E-state index contributed by atoms with van der Waals surface area (Å²) < 4.78 is 1.67. The number of nitrogens with zero attached hydrogens (tertiary/aromatic N) is 3. The fraction of sp³-hybridized carbons (Fsp3) is 0.444. The van der Waals surface area contributed by atoms with Crippen molar-refractivity contribution in [1.82, 2.24) is 20.1 Å². The monoisotopic (exact) mass is 342 g/mol. The van der Waals surface area contributed by atoms with Gasteiger partial charge in [0, 0.05) is 5.92 Å². The van der Waals surface area contributed by atoms with E-state index in [2.05, 4.69) is 15.4 Å². The molecule has 2 N–H and O–H groups in total. The van der Waals surface area contributed by atoms with Crippen molar-refractivity contribution < 1.29 is 14.7 Å². The molecule has 1 amide bonds. The van der Waals surface area contributed by atoms with Gasteiger partial charge in [0.25, 0.3) is 0 Å². The van der Waals surface area contributed by atoms with Crippen LogP contribution in [0.4, 0.5) is 0 Å². The smallest absolute Gasteiger partial charge is 0.306 e. The molecule has 2 aromatic rings. The Hall–Kier alpha value is -2.70. The fourth-order valence-corrected chi connectivity index (χ4v) is 3.32. The summed E-state index contributed by atoms with van der Waals surface area (Å²) in [5.74, 6) is -1.47. The standard InChI is InChI=1S/C18H22N4O3/c1-12(13-5-7-16(8-6-13)22-11-19-10-20-22)21-17(23)14-3-2-4-15(9-14)18(24)25/h5-8,10-12,14-15H,2-4,9H2,1H3,(H,21,23)(H,24,25). The quantitative estimate of drug-likeness (QED) is 0.869. The molecule has 1 fully saturated rings. The van der Waals surface area contributed by atoms with Crippen LogP contribution in [0.1, 0.15) is 44.2 Å². The van der Waals surface area contributed by atoms with E-state index in [1.165, 1.54) is 6.33 Å². The van der Waals surface area contributed by atoms with Gasteiger partial charge in [-0.3, -0.25) is 9.59 Å². The molecule has 7 heteroatoms. The zero-order valence-corrected chi connectivity index (χ0v) is 14.1. The molecule has 25 heavy (non-hydrogen) atoms. The van der Waals surface area contributed by atoms with Crippen molar-refractivity contribution in [2.45, 2.75) is 38.6 Å². The van der Waals surface area contributed by atoms with Gasteiger partial charge in [0.2, 0.25) is 5.91 Å². The van der Waals surface area contributed by atoms with Crippen LogP contribution in [0.15, 0.2) is 36.9 Å². The SMILES string of the molecule is CC(NC(=O)C1CCCC(C(=O)O)C1)c1ccc(-n2cncn2)cc1. The molecule has 1 aliphatic carbocycles. The van der Waals surface area contributed by atoms with E-state index in [9.17, 15) is 9.59 Å². The van der Waals surface area contributed by atoms with Crippen LogP contribution < -0.4 is 5.32 Å². The number of carboxylic acid groups (broad SMARTS) is 1. The average Bonchev–Trinajstić information content (AvgIpc) is 3.16. The zero-order valence-electron chi connectivity index (χ0n) is 14.1. The number of aliphatic carboxylic acids is 1. The fourth-order valence-electron chi connectivity index (χ4n) is 3.32. The number of nitrogens with one attached hydrogen (secondary N) is 1. The number of hydrogen-bond donors (Lipinski definition) is 2. The summed E-state index contributed by atoms with van der Waals surface area (Å²) in [6.45, 7) is 1.93. The highest BCUT2D eigenvalue weighted by molar-refractivity contribution is 5.80. The Morgan fingerprint density at radius 1 is 1.24 bits per heavy atom. The van der Waals surface area contributed by atoms with E-state index in [-0.39, 0.29) is 17.9 Å². The minimum atomic E-state index is -0.797. The van der Waals surface area contributed by atoms with E-state index in [4.69, 9.17) is 5.11 Å². The van der Waals surface area contributed by atoms with Gasteiger partial charge in [-0.2, -0.15) is 5.10 Å². The van der Waals surface area contributed by atoms with Crippen molar-refractivity contribution in [2.24, 2.45) is 11.8 Å². The van der Waals surface area contributed by atoms with E-state index in [1.807, 2.05) is 31.2 Å². The molecule has 3 unspecified atom stereocenters. The van der Waals surface area contributed by atoms with Gasteiger partial charge >= 0.3 is 5.97 Å². The Labute approximate surface area is 146 Å². The third-order valence-corrected chi connectivity index (χ3v) is 4.83. The van der Waals surface area contributed by atoms with Crippen LogP contribution in [-0.4, -0.2) is 31.7 Å². The number of carbonyl (C=O) groups excluding carboxylic acids is 1. The largest absolute Gasteiger partial charge is 0.481 e. The summed E-state index contributed by atoms with van der Waals surface area (Å²) in [4.78, 5) is 27.5. The van der Waals surface area contributed by atoms with Crippen LogP contribution in [0.25, 0.3) is 5.69 Å². The van der Waals surface area contributed by atoms with Crippen molar-refractivity contribution in [3.63, 3.8) is 0 Å². The Bertz CT molecular complexity index is 727. The normalized spacial score (nSPS) is 21.5. The van der Waals surface area contributed by atoms with Crippen molar-refractivity contribution in [3.8, 4) is 5.69 Å². The van der Waals surface area contributed by atoms with E-state index in [0.717, 1.165) is 24.1 Å².